The second-order valence-corrected chi connectivity index (χ2v) is 8.60. The molecule has 0 aliphatic rings. The summed E-state index contributed by atoms with van der Waals surface area (Å²) >= 11 is 0. The number of nitrogens with one attached hydrogen (secondary N) is 1. The van der Waals surface area contributed by atoms with E-state index >= 15 is 0 Å². The molecule has 0 saturated carbocycles. The molecule has 0 atom stereocenters. The van der Waals surface area contributed by atoms with Gasteiger partial charge in [0, 0.05) is 24.4 Å². The molecule has 34 heavy (non-hydrogen) atoms. The first kappa shape index (κ1) is 23.6. The number of benzene rings is 1. The van der Waals surface area contributed by atoms with Crippen molar-refractivity contribution in [1.29, 1.82) is 0 Å². The molecule has 4 aromatic rings. The molecule has 1 aromatic carbocycles. The monoisotopic (exact) mass is 467 g/mol. The topological polar surface area (TPSA) is 72.8 Å². The zero-order valence-corrected chi connectivity index (χ0v) is 19.2. The summed E-state index contributed by atoms with van der Waals surface area (Å²) in [6.45, 7) is 6.51. The highest BCUT2D eigenvalue weighted by Crippen LogP contribution is 2.36. The Morgan fingerprint density at radius 3 is 2.35 bits per heavy atom. The van der Waals surface area contributed by atoms with Crippen molar-refractivity contribution < 1.29 is 17.9 Å². The van der Waals surface area contributed by atoms with E-state index in [4.69, 9.17) is 4.74 Å². The molecule has 0 fully saturated rings. The minimum Gasteiger partial charge on any atom is -0.384 e. The van der Waals surface area contributed by atoms with Crippen LogP contribution < -0.4 is 5.32 Å². The van der Waals surface area contributed by atoms with Crippen molar-refractivity contribution in [3.05, 3.63) is 71.7 Å². The molecule has 6 nitrogen and oxygen atoms in total. The Morgan fingerprint density at radius 1 is 0.941 bits per heavy atom. The van der Waals surface area contributed by atoms with Gasteiger partial charge in [0.1, 0.15) is 17.3 Å². The third kappa shape index (κ3) is 4.84. The van der Waals surface area contributed by atoms with E-state index in [0.29, 0.717) is 23.6 Å². The predicted molar refractivity (Wildman–Crippen MR) is 125 cm³/mol. The minimum atomic E-state index is -4.54. The molecule has 0 unspecified atom stereocenters. The zero-order valence-electron chi connectivity index (χ0n) is 19.2. The van der Waals surface area contributed by atoms with Crippen molar-refractivity contribution in [2.45, 2.75) is 32.4 Å². The molecule has 176 valence electrons. The largest absolute Gasteiger partial charge is 0.418 e. The molecule has 9 heteroatoms. The molecule has 3 heterocycles. The number of methoxy groups -OCH3 is 1. The van der Waals surface area contributed by atoms with E-state index in [1.807, 2.05) is 24.3 Å². The summed E-state index contributed by atoms with van der Waals surface area (Å²) in [6, 6.07) is 13.3. The first-order valence-corrected chi connectivity index (χ1v) is 10.6. The van der Waals surface area contributed by atoms with E-state index in [2.05, 4.69) is 39.1 Å². The van der Waals surface area contributed by atoms with Gasteiger partial charge in [0.15, 0.2) is 5.65 Å². The fourth-order valence-corrected chi connectivity index (χ4v) is 3.77. The number of fused-ring (bicyclic) bond motifs is 1. The van der Waals surface area contributed by atoms with Gasteiger partial charge in [0.2, 0.25) is 0 Å². The van der Waals surface area contributed by atoms with Crippen LogP contribution in [0, 0.1) is 6.92 Å². The van der Waals surface area contributed by atoms with E-state index in [0.717, 1.165) is 17.3 Å². The third-order valence-corrected chi connectivity index (χ3v) is 5.46. The molecule has 0 bridgehead atoms. The van der Waals surface area contributed by atoms with Crippen molar-refractivity contribution in [2.24, 2.45) is 0 Å². The number of hydrogen-bond donors (Lipinski definition) is 1. The van der Waals surface area contributed by atoms with Gasteiger partial charge in [0.05, 0.1) is 23.3 Å². The van der Waals surface area contributed by atoms with Crippen molar-refractivity contribution in [3.8, 4) is 11.4 Å². The fourth-order valence-electron chi connectivity index (χ4n) is 3.77. The quantitative estimate of drug-likeness (QED) is 0.370. The van der Waals surface area contributed by atoms with E-state index in [9.17, 15) is 13.2 Å². The van der Waals surface area contributed by atoms with Crippen LogP contribution in [0.5, 0.6) is 0 Å². The summed E-state index contributed by atoms with van der Waals surface area (Å²) in [7, 11) is 1.68. The minimum absolute atomic E-state index is 0.0919. The molecule has 0 saturated heterocycles. The number of rotatable bonds is 6. The van der Waals surface area contributed by atoms with E-state index in [1.54, 1.807) is 20.1 Å². The van der Waals surface area contributed by atoms with Crippen molar-refractivity contribution in [2.75, 3.05) is 19.0 Å². The molecular formula is C25H24F3N5O. The van der Waals surface area contributed by atoms with Gasteiger partial charge in [-0.05, 0) is 48.9 Å². The van der Waals surface area contributed by atoms with Crippen LogP contribution in [0.1, 0.15) is 30.8 Å². The first-order chi connectivity index (χ1) is 16.1. The average Bonchev–Trinajstić information content (AvgIpc) is 2.78. The van der Waals surface area contributed by atoms with Gasteiger partial charge in [0.25, 0.3) is 0 Å². The van der Waals surface area contributed by atoms with Gasteiger partial charge in [-0.1, -0.05) is 26.0 Å². The fraction of sp³-hybridized carbons (Fsp3) is 0.280. The highest BCUT2D eigenvalue weighted by molar-refractivity contribution is 5.90. The lowest BCUT2D eigenvalue weighted by molar-refractivity contribution is -0.137. The van der Waals surface area contributed by atoms with E-state index < -0.39 is 11.7 Å². The molecule has 1 N–H and O–H groups in total. The molecular weight excluding hydrogens is 443 g/mol. The number of nitrogens with zero attached hydrogens (tertiary/aromatic N) is 4. The van der Waals surface area contributed by atoms with Crippen molar-refractivity contribution in [1.82, 2.24) is 19.9 Å². The SMILES string of the molecule is COCC(C)(C)c1ccc(Nc2nc(C)nc3nc(-c4ncccc4C(F)(F)F)ccc23)cc1. The number of alkyl halides is 3. The molecule has 4 rings (SSSR count). The van der Waals surface area contributed by atoms with Gasteiger partial charge >= 0.3 is 6.18 Å². The summed E-state index contributed by atoms with van der Waals surface area (Å²) < 4.78 is 45.7. The normalized spacial score (nSPS) is 12.2. The van der Waals surface area contributed by atoms with Crippen LogP contribution in [0.3, 0.4) is 0 Å². The van der Waals surface area contributed by atoms with Crippen molar-refractivity contribution in [3.63, 3.8) is 0 Å². The van der Waals surface area contributed by atoms with Crippen molar-refractivity contribution >= 4 is 22.5 Å². The number of ether oxygens (including phenoxy) is 1. The summed E-state index contributed by atoms with van der Waals surface area (Å²) in [5.41, 5.74) is 1.10. The second-order valence-electron chi connectivity index (χ2n) is 8.60. The Balaban J connectivity index is 1.70. The van der Waals surface area contributed by atoms with E-state index in [-0.39, 0.29) is 22.5 Å². The Hall–Kier alpha value is -3.59. The van der Waals surface area contributed by atoms with Gasteiger partial charge in [-0.2, -0.15) is 13.2 Å². The van der Waals surface area contributed by atoms with Crippen LogP contribution in [0.4, 0.5) is 24.7 Å². The molecule has 0 radical (unpaired) electrons. The standard InChI is InChI=1S/C25H24F3N5O/c1-15-30-22(32-17-9-7-16(8-10-17)24(2,3)14-34-4)18-11-12-20(33-23(18)31-15)21-19(25(26,27)28)6-5-13-29-21/h5-13H,14H2,1-4H3,(H,30,31,32,33). The third-order valence-electron chi connectivity index (χ3n) is 5.46. The van der Waals surface area contributed by atoms with Gasteiger partial charge in [-0.25, -0.2) is 15.0 Å². The smallest absolute Gasteiger partial charge is 0.384 e. The molecule has 0 aliphatic heterocycles. The Bertz CT molecular complexity index is 1320. The predicted octanol–water partition coefficient (Wildman–Crippen LogP) is 6.08. The van der Waals surface area contributed by atoms with Crippen LogP contribution in [0.25, 0.3) is 22.4 Å². The molecule has 0 aliphatic carbocycles. The van der Waals surface area contributed by atoms with E-state index in [1.165, 1.54) is 18.3 Å². The van der Waals surface area contributed by atoms with Gasteiger partial charge < -0.3 is 10.1 Å². The zero-order chi connectivity index (χ0) is 24.5. The molecule has 0 amide bonds. The van der Waals surface area contributed by atoms with Crippen LogP contribution in [0.15, 0.2) is 54.7 Å². The maximum atomic E-state index is 13.5. The lowest BCUT2D eigenvalue weighted by atomic mass is 9.85. The van der Waals surface area contributed by atoms with Crippen LogP contribution in [0.2, 0.25) is 0 Å². The average molecular weight is 467 g/mol. The lowest BCUT2D eigenvalue weighted by Gasteiger charge is -2.24. The Morgan fingerprint density at radius 2 is 1.68 bits per heavy atom. The summed E-state index contributed by atoms with van der Waals surface area (Å²) in [6.07, 6.45) is -3.23. The Labute approximate surface area is 195 Å². The summed E-state index contributed by atoms with van der Waals surface area (Å²) in [5.74, 6) is 0.956. The Kier molecular flexibility index (Phi) is 6.22. The second kappa shape index (κ2) is 8.98. The number of hydrogen-bond acceptors (Lipinski definition) is 6. The van der Waals surface area contributed by atoms with Crippen LogP contribution >= 0.6 is 0 Å². The van der Waals surface area contributed by atoms with Crippen LogP contribution in [-0.4, -0.2) is 33.7 Å². The number of pyridine rings is 2. The van der Waals surface area contributed by atoms with Crippen LogP contribution in [-0.2, 0) is 16.3 Å². The summed E-state index contributed by atoms with van der Waals surface area (Å²) in [5, 5.41) is 3.86. The highest BCUT2D eigenvalue weighted by Gasteiger charge is 2.34. The van der Waals surface area contributed by atoms with Gasteiger partial charge in [-0.3, -0.25) is 4.98 Å². The number of anilines is 2. The van der Waals surface area contributed by atoms with Gasteiger partial charge in [-0.15, -0.1) is 0 Å². The molecule has 0 spiro atoms. The lowest BCUT2D eigenvalue weighted by Crippen LogP contribution is -2.23. The first-order valence-electron chi connectivity index (χ1n) is 10.6. The number of aryl methyl sites for hydroxylation is 1. The number of aromatic nitrogens is 4. The summed E-state index contributed by atoms with van der Waals surface area (Å²) in [4.78, 5) is 17.1. The maximum absolute atomic E-state index is 13.5. The highest BCUT2D eigenvalue weighted by atomic mass is 19.4. The molecule has 3 aromatic heterocycles. The maximum Gasteiger partial charge on any atom is 0.418 e. The number of halogens is 3.